The Balaban J connectivity index is 2.02. The summed E-state index contributed by atoms with van der Waals surface area (Å²) >= 11 is 0. The van der Waals surface area contributed by atoms with Gasteiger partial charge in [-0.15, -0.1) is 0 Å². The number of hydrogen-bond donors (Lipinski definition) is 1. The van der Waals surface area contributed by atoms with Crippen LogP contribution < -0.4 is 4.72 Å². The van der Waals surface area contributed by atoms with Crippen molar-refractivity contribution < 1.29 is 16.8 Å². The fraction of sp³-hybridized carbons (Fsp3) is 0.182. The van der Waals surface area contributed by atoms with E-state index in [0.717, 1.165) is 28.5 Å². The van der Waals surface area contributed by atoms with Gasteiger partial charge < -0.3 is 0 Å². The average Bonchev–Trinajstić information content (AvgIpc) is 2.68. The summed E-state index contributed by atoms with van der Waals surface area (Å²) in [6.45, 7) is 3.99. The Kier molecular flexibility index (Phi) is 5.93. The predicted octanol–water partition coefficient (Wildman–Crippen LogP) is 3.77. The maximum atomic E-state index is 13.0. The largest absolute Gasteiger partial charge is 0.241 e. The molecule has 1 atom stereocenters. The van der Waals surface area contributed by atoms with Crippen LogP contribution in [0.5, 0.6) is 0 Å². The zero-order chi connectivity index (χ0) is 21.2. The molecule has 0 bridgehead atoms. The van der Waals surface area contributed by atoms with E-state index in [2.05, 4.69) is 4.72 Å². The minimum Gasteiger partial charge on any atom is -0.224 e. The van der Waals surface area contributed by atoms with Crippen LogP contribution in [0.1, 0.15) is 28.3 Å². The molecule has 152 valence electrons. The lowest BCUT2D eigenvalue weighted by molar-refractivity contribution is 0.571. The van der Waals surface area contributed by atoms with E-state index in [1.165, 1.54) is 24.3 Å². The van der Waals surface area contributed by atoms with E-state index < -0.39 is 25.9 Å². The summed E-state index contributed by atoms with van der Waals surface area (Å²) in [5, 5.41) is 0. The highest BCUT2D eigenvalue weighted by atomic mass is 32.2. The predicted molar refractivity (Wildman–Crippen MR) is 114 cm³/mol. The number of sulfone groups is 1. The van der Waals surface area contributed by atoms with Crippen LogP contribution in [0, 0.1) is 13.8 Å². The molecule has 0 radical (unpaired) electrons. The topological polar surface area (TPSA) is 80.3 Å². The lowest BCUT2D eigenvalue weighted by atomic mass is 9.96. The highest BCUT2D eigenvalue weighted by molar-refractivity contribution is 7.90. The van der Waals surface area contributed by atoms with Crippen LogP contribution in [-0.2, 0) is 19.9 Å². The molecule has 0 aliphatic heterocycles. The lowest BCUT2D eigenvalue weighted by Gasteiger charge is -2.21. The van der Waals surface area contributed by atoms with Gasteiger partial charge in [-0.05, 0) is 60.4 Å². The number of hydrogen-bond acceptors (Lipinski definition) is 4. The fourth-order valence-corrected chi connectivity index (χ4v) is 4.85. The zero-order valence-corrected chi connectivity index (χ0v) is 18.1. The van der Waals surface area contributed by atoms with Crippen LogP contribution in [0.3, 0.4) is 0 Å². The summed E-state index contributed by atoms with van der Waals surface area (Å²) in [5.41, 5.74) is 3.84. The Morgan fingerprint density at radius 1 is 0.690 bits per heavy atom. The van der Waals surface area contributed by atoms with Gasteiger partial charge in [0.1, 0.15) is 0 Å². The van der Waals surface area contributed by atoms with Gasteiger partial charge in [0.25, 0.3) is 0 Å². The van der Waals surface area contributed by atoms with Crippen LogP contribution in [0.4, 0.5) is 0 Å². The van der Waals surface area contributed by atoms with E-state index in [4.69, 9.17) is 0 Å². The summed E-state index contributed by atoms with van der Waals surface area (Å²) in [6, 6.07) is 19.8. The van der Waals surface area contributed by atoms with Gasteiger partial charge in [0, 0.05) is 6.26 Å². The molecular weight excluding hydrogens is 406 g/mol. The molecule has 0 spiro atoms. The first kappa shape index (κ1) is 21.2. The van der Waals surface area contributed by atoms with Gasteiger partial charge in [0.15, 0.2) is 9.84 Å². The van der Waals surface area contributed by atoms with Crippen molar-refractivity contribution in [2.75, 3.05) is 6.26 Å². The van der Waals surface area contributed by atoms with Gasteiger partial charge >= 0.3 is 0 Å². The molecule has 29 heavy (non-hydrogen) atoms. The van der Waals surface area contributed by atoms with Gasteiger partial charge in [-0.1, -0.05) is 48.5 Å². The van der Waals surface area contributed by atoms with Crippen molar-refractivity contribution in [2.24, 2.45) is 0 Å². The van der Waals surface area contributed by atoms with Gasteiger partial charge in [-0.2, -0.15) is 4.72 Å². The Morgan fingerprint density at radius 3 is 1.83 bits per heavy atom. The molecule has 0 aromatic heterocycles. The van der Waals surface area contributed by atoms with Crippen LogP contribution >= 0.6 is 0 Å². The van der Waals surface area contributed by atoms with Gasteiger partial charge in [0.05, 0.1) is 15.8 Å². The summed E-state index contributed by atoms with van der Waals surface area (Å²) in [5.74, 6) is 0. The molecular formula is C22H23NO4S2. The highest BCUT2D eigenvalue weighted by Crippen LogP contribution is 2.26. The van der Waals surface area contributed by atoms with Crippen molar-refractivity contribution in [1.82, 2.24) is 4.72 Å². The standard InChI is InChI=1S/C22H23NO4S2/c1-16-9-10-19(15-17(16)2)22(18-7-5-4-6-8-18)23-29(26,27)21-13-11-20(12-14-21)28(3,24)25/h4-15,22-23H,1-3H3/t22-/m0/s1. The number of rotatable bonds is 6. The number of benzene rings is 3. The first-order chi connectivity index (χ1) is 13.6. The van der Waals surface area contributed by atoms with Crippen molar-refractivity contribution in [1.29, 1.82) is 0 Å². The van der Waals surface area contributed by atoms with Gasteiger partial charge in [-0.3, -0.25) is 0 Å². The third-order valence-electron chi connectivity index (χ3n) is 4.83. The number of sulfonamides is 1. The molecule has 0 aliphatic rings. The first-order valence-electron chi connectivity index (χ1n) is 9.02. The summed E-state index contributed by atoms with van der Waals surface area (Å²) < 4.78 is 52.1. The lowest BCUT2D eigenvalue weighted by Crippen LogP contribution is -2.29. The summed E-state index contributed by atoms with van der Waals surface area (Å²) in [6.07, 6.45) is 1.08. The van der Waals surface area contributed by atoms with Crippen molar-refractivity contribution in [2.45, 2.75) is 29.7 Å². The van der Waals surface area contributed by atoms with E-state index in [1.807, 2.05) is 62.4 Å². The van der Waals surface area contributed by atoms with Crippen molar-refractivity contribution in [3.05, 3.63) is 95.1 Å². The second kappa shape index (κ2) is 8.10. The monoisotopic (exact) mass is 429 g/mol. The van der Waals surface area contributed by atoms with E-state index in [1.54, 1.807) is 0 Å². The Hall–Kier alpha value is -2.48. The highest BCUT2D eigenvalue weighted by Gasteiger charge is 2.23. The Bertz CT molecular complexity index is 1220. The second-order valence-corrected chi connectivity index (χ2v) is 10.8. The van der Waals surface area contributed by atoms with Crippen LogP contribution in [0.2, 0.25) is 0 Å². The molecule has 0 heterocycles. The number of nitrogens with one attached hydrogen (secondary N) is 1. The maximum Gasteiger partial charge on any atom is 0.241 e. The molecule has 0 unspecified atom stereocenters. The van der Waals surface area contributed by atoms with Crippen molar-refractivity contribution in [3.8, 4) is 0 Å². The van der Waals surface area contributed by atoms with E-state index in [0.29, 0.717) is 0 Å². The molecule has 0 saturated carbocycles. The third-order valence-corrected chi connectivity index (χ3v) is 7.40. The fourth-order valence-electron chi connectivity index (χ4n) is 3.01. The smallest absolute Gasteiger partial charge is 0.224 e. The zero-order valence-electron chi connectivity index (χ0n) is 16.5. The van der Waals surface area contributed by atoms with Crippen LogP contribution in [0.25, 0.3) is 0 Å². The quantitative estimate of drug-likeness (QED) is 0.647. The summed E-state index contributed by atoms with van der Waals surface area (Å²) in [4.78, 5) is 0.0832. The minimum absolute atomic E-state index is 0.00895. The molecule has 0 fully saturated rings. The van der Waals surface area contributed by atoms with E-state index in [-0.39, 0.29) is 9.79 Å². The maximum absolute atomic E-state index is 13.0. The van der Waals surface area contributed by atoms with Gasteiger partial charge in [-0.25, -0.2) is 16.8 Å². The number of aryl methyl sites for hydroxylation is 2. The average molecular weight is 430 g/mol. The third kappa shape index (κ3) is 4.93. The van der Waals surface area contributed by atoms with Gasteiger partial charge in [0.2, 0.25) is 10.0 Å². The molecule has 0 saturated heterocycles. The normalized spacial score (nSPS) is 13.2. The molecule has 0 amide bonds. The Labute approximate surface area is 172 Å². The van der Waals surface area contributed by atoms with Crippen LogP contribution in [-0.4, -0.2) is 23.1 Å². The molecule has 1 N–H and O–H groups in total. The van der Waals surface area contributed by atoms with Crippen molar-refractivity contribution >= 4 is 19.9 Å². The van der Waals surface area contributed by atoms with E-state index >= 15 is 0 Å². The molecule has 3 aromatic rings. The Morgan fingerprint density at radius 2 is 1.28 bits per heavy atom. The van der Waals surface area contributed by atoms with E-state index in [9.17, 15) is 16.8 Å². The molecule has 5 nitrogen and oxygen atoms in total. The molecule has 0 aliphatic carbocycles. The SMILES string of the molecule is Cc1ccc([C@@H](NS(=O)(=O)c2ccc(S(C)(=O)=O)cc2)c2ccccc2)cc1C. The molecule has 3 aromatic carbocycles. The molecule has 7 heteroatoms. The molecule has 3 rings (SSSR count). The first-order valence-corrected chi connectivity index (χ1v) is 12.4. The minimum atomic E-state index is -3.89. The van der Waals surface area contributed by atoms with Crippen molar-refractivity contribution in [3.63, 3.8) is 0 Å². The summed E-state index contributed by atoms with van der Waals surface area (Å²) in [7, 11) is -7.28. The second-order valence-electron chi connectivity index (χ2n) is 7.05. The van der Waals surface area contributed by atoms with Crippen LogP contribution in [0.15, 0.2) is 82.6 Å².